The molecule has 0 radical (unpaired) electrons. The zero-order chi connectivity index (χ0) is 12.5. The first-order valence-electron chi connectivity index (χ1n) is 3.89. The number of alkyl halides is 2. The van der Waals surface area contributed by atoms with Crippen LogP contribution >= 0.6 is 0 Å². The van der Waals surface area contributed by atoms with E-state index < -0.39 is 38.3 Å². The first kappa shape index (κ1) is 12.6. The maximum Gasteiger partial charge on any atom is 0.292 e. The molecule has 0 spiro atoms. The van der Waals surface area contributed by atoms with Gasteiger partial charge in [0.15, 0.2) is 0 Å². The summed E-state index contributed by atoms with van der Waals surface area (Å²) in [5.74, 6) is -0.619. The van der Waals surface area contributed by atoms with Crippen LogP contribution in [0.1, 0.15) is 12.1 Å². The van der Waals surface area contributed by atoms with Crippen LogP contribution in [0.4, 0.5) is 8.78 Å². The number of nitrogens with one attached hydrogen (secondary N) is 1. The molecule has 0 aromatic carbocycles. The van der Waals surface area contributed by atoms with E-state index in [0.29, 0.717) is 6.07 Å². The summed E-state index contributed by atoms with van der Waals surface area (Å²) >= 11 is 0. The van der Waals surface area contributed by atoms with Crippen LogP contribution < -0.4 is 15.4 Å². The first-order chi connectivity index (χ1) is 7.27. The summed E-state index contributed by atoms with van der Waals surface area (Å²) in [6.07, 6.45) is -3.01. The zero-order valence-electron chi connectivity index (χ0n) is 8.03. The molecule has 16 heavy (non-hydrogen) atoms. The highest BCUT2D eigenvalue weighted by atomic mass is 32.2. The van der Waals surface area contributed by atoms with Crippen LogP contribution in [0.15, 0.2) is 15.8 Å². The van der Waals surface area contributed by atoms with Gasteiger partial charge in [0, 0.05) is 0 Å². The molecule has 6 nitrogen and oxygen atoms in total. The second kappa shape index (κ2) is 4.18. The van der Waals surface area contributed by atoms with Crippen LogP contribution in [-0.2, 0) is 10.0 Å². The van der Waals surface area contributed by atoms with Crippen LogP contribution in [-0.4, -0.2) is 20.5 Å². The van der Waals surface area contributed by atoms with E-state index >= 15 is 0 Å². The smallest absolute Gasteiger partial charge is 0.292 e. The predicted octanol–water partition coefficient (Wildman–Crippen LogP) is -0.0315. The van der Waals surface area contributed by atoms with E-state index in [1.807, 2.05) is 0 Å². The Hall–Kier alpha value is -1.48. The maximum absolute atomic E-state index is 12.3. The standard InChI is InChI=1S/C7H8F2N2O4S/c1-15-5-4(16(10,13)14)2-3(6(8)9)11-7(5)12/h2,6H,1H3,(H,11,12)(H2,10,13,14). The van der Waals surface area contributed by atoms with Crippen LogP contribution in [0.3, 0.4) is 0 Å². The number of methoxy groups -OCH3 is 1. The molecule has 0 aliphatic carbocycles. The lowest BCUT2D eigenvalue weighted by Crippen LogP contribution is -2.21. The normalized spacial score (nSPS) is 11.8. The number of sulfonamides is 1. The van der Waals surface area contributed by atoms with E-state index in [1.165, 1.54) is 0 Å². The third kappa shape index (κ3) is 2.36. The van der Waals surface area contributed by atoms with Crippen LogP contribution in [0, 0.1) is 0 Å². The molecule has 1 aromatic rings. The fraction of sp³-hybridized carbons (Fsp3) is 0.286. The molecular formula is C7H8F2N2O4S. The third-order valence-corrected chi connectivity index (χ3v) is 2.64. The highest BCUT2D eigenvalue weighted by Crippen LogP contribution is 2.23. The van der Waals surface area contributed by atoms with Crippen molar-refractivity contribution in [3.8, 4) is 5.75 Å². The van der Waals surface area contributed by atoms with E-state index in [1.54, 1.807) is 4.98 Å². The number of primary sulfonamides is 1. The van der Waals surface area contributed by atoms with Crippen molar-refractivity contribution >= 4 is 10.0 Å². The summed E-state index contributed by atoms with van der Waals surface area (Å²) < 4.78 is 51.2. The zero-order valence-corrected chi connectivity index (χ0v) is 8.85. The van der Waals surface area contributed by atoms with Gasteiger partial charge in [-0.3, -0.25) is 4.79 Å². The highest BCUT2D eigenvalue weighted by molar-refractivity contribution is 7.89. The Labute approximate surface area is 89.1 Å². The molecule has 1 rings (SSSR count). The molecule has 90 valence electrons. The lowest BCUT2D eigenvalue weighted by molar-refractivity contribution is 0.145. The van der Waals surface area contributed by atoms with Crippen molar-refractivity contribution in [3.63, 3.8) is 0 Å². The quantitative estimate of drug-likeness (QED) is 0.790. The number of ether oxygens (including phenoxy) is 1. The van der Waals surface area contributed by atoms with E-state index in [0.717, 1.165) is 7.11 Å². The number of pyridine rings is 1. The van der Waals surface area contributed by atoms with Gasteiger partial charge in [0.05, 0.1) is 12.8 Å². The molecule has 0 bridgehead atoms. The fourth-order valence-corrected chi connectivity index (χ4v) is 1.79. The van der Waals surface area contributed by atoms with Gasteiger partial charge in [-0.15, -0.1) is 0 Å². The Kier molecular flexibility index (Phi) is 3.29. The number of hydrogen-bond acceptors (Lipinski definition) is 4. The molecule has 9 heteroatoms. The average Bonchev–Trinajstić information content (AvgIpc) is 2.14. The van der Waals surface area contributed by atoms with Crippen molar-refractivity contribution in [2.75, 3.05) is 7.11 Å². The summed E-state index contributed by atoms with van der Waals surface area (Å²) in [5, 5.41) is 4.77. The van der Waals surface area contributed by atoms with Crippen LogP contribution in [0.2, 0.25) is 0 Å². The Morgan fingerprint density at radius 1 is 1.50 bits per heavy atom. The lowest BCUT2D eigenvalue weighted by Gasteiger charge is -2.07. The maximum atomic E-state index is 12.3. The van der Waals surface area contributed by atoms with Gasteiger partial charge in [0.25, 0.3) is 12.0 Å². The molecule has 1 heterocycles. The van der Waals surface area contributed by atoms with Gasteiger partial charge in [-0.05, 0) is 6.07 Å². The van der Waals surface area contributed by atoms with Crippen molar-refractivity contribution in [2.24, 2.45) is 5.14 Å². The largest absolute Gasteiger partial charge is 0.490 e. The molecule has 0 unspecified atom stereocenters. The van der Waals surface area contributed by atoms with Crippen molar-refractivity contribution in [1.29, 1.82) is 0 Å². The van der Waals surface area contributed by atoms with Crippen molar-refractivity contribution < 1.29 is 21.9 Å². The average molecular weight is 254 g/mol. The molecule has 0 atom stereocenters. The van der Waals surface area contributed by atoms with Crippen molar-refractivity contribution in [3.05, 3.63) is 22.1 Å². The van der Waals surface area contributed by atoms with E-state index in [-0.39, 0.29) is 0 Å². The van der Waals surface area contributed by atoms with E-state index in [4.69, 9.17) is 5.14 Å². The Bertz CT molecular complexity index is 552. The van der Waals surface area contributed by atoms with Crippen molar-refractivity contribution in [2.45, 2.75) is 11.3 Å². The molecule has 3 N–H and O–H groups in total. The van der Waals surface area contributed by atoms with Gasteiger partial charge in [-0.25, -0.2) is 22.3 Å². The number of H-pyrrole nitrogens is 1. The Morgan fingerprint density at radius 2 is 2.06 bits per heavy atom. The van der Waals surface area contributed by atoms with Crippen LogP contribution in [0.25, 0.3) is 0 Å². The van der Waals surface area contributed by atoms with Gasteiger partial charge >= 0.3 is 0 Å². The Morgan fingerprint density at radius 3 is 2.44 bits per heavy atom. The van der Waals surface area contributed by atoms with Gasteiger partial charge in [0.2, 0.25) is 15.8 Å². The van der Waals surface area contributed by atoms with Crippen LogP contribution in [0.5, 0.6) is 5.75 Å². The summed E-state index contributed by atoms with van der Waals surface area (Å²) in [4.78, 5) is 12.2. The van der Waals surface area contributed by atoms with E-state index in [9.17, 15) is 22.0 Å². The van der Waals surface area contributed by atoms with Gasteiger partial charge < -0.3 is 9.72 Å². The predicted molar refractivity (Wildman–Crippen MR) is 49.9 cm³/mol. The minimum Gasteiger partial charge on any atom is -0.490 e. The Balaban J connectivity index is 3.63. The number of nitrogens with two attached hydrogens (primary N) is 1. The number of hydrogen-bond donors (Lipinski definition) is 2. The SMILES string of the molecule is COc1c(S(N)(=O)=O)cc(C(F)F)[nH]c1=O. The van der Waals surface area contributed by atoms with Gasteiger partial charge in [-0.1, -0.05) is 0 Å². The molecule has 0 fully saturated rings. The topological polar surface area (TPSA) is 102 Å². The van der Waals surface area contributed by atoms with Crippen molar-refractivity contribution in [1.82, 2.24) is 4.98 Å². The second-order valence-corrected chi connectivity index (χ2v) is 4.33. The van der Waals surface area contributed by atoms with Gasteiger partial charge in [-0.2, -0.15) is 0 Å². The molecule has 0 saturated heterocycles. The summed E-state index contributed by atoms with van der Waals surface area (Å²) in [6, 6.07) is 0.570. The van der Waals surface area contributed by atoms with Gasteiger partial charge in [0.1, 0.15) is 4.90 Å². The number of aromatic nitrogens is 1. The summed E-state index contributed by atoms with van der Waals surface area (Å²) in [7, 11) is -3.27. The number of aromatic amines is 1. The lowest BCUT2D eigenvalue weighted by atomic mass is 10.3. The summed E-state index contributed by atoms with van der Waals surface area (Å²) in [6.45, 7) is 0. The first-order valence-corrected chi connectivity index (χ1v) is 5.44. The minimum atomic E-state index is -4.30. The molecule has 1 aromatic heterocycles. The third-order valence-electron chi connectivity index (χ3n) is 1.72. The molecule has 0 saturated carbocycles. The van der Waals surface area contributed by atoms with E-state index in [2.05, 4.69) is 4.74 Å². The second-order valence-electron chi connectivity index (χ2n) is 2.80. The highest BCUT2D eigenvalue weighted by Gasteiger charge is 2.22. The minimum absolute atomic E-state index is 0.570. The number of rotatable bonds is 3. The molecule has 0 aliphatic heterocycles. The monoisotopic (exact) mass is 254 g/mol. The summed E-state index contributed by atoms with van der Waals surface area (Å²) in [5.41, 5.74) is -1.92. The molecule has 0 amide bonds. The molecular weight excluding hydrogens is 246 g/mol. The fourth-order valence-electron chi connectivity index (χ4n) is 1.06. The molecule has 0 aliphatic rings. The number of halogens is 2.